The number of piperidine rings is 1. The molecule has 1 aliphatic rings. The van der Waals surface area contributed by atoms with Gasteiger partial charge in [0.05, 0.1) is 0 Å². The Kier molecular flexibility index (Phi) is 4.12. The van der Waals surface area contributed by atoms with E-state index >= 15 is 0 Å². The van der Waals surface area contributed by atoms with Crippen molar-refractivity contribution < 1.29 is 9.63 Å². The molecule has 0 saturated carbocycles. The summed E-state index contributed by atoms with van der Waals surface area (Å²) in [5, 5.41) is 12.8. The third-order valence-electron chi connectivity index (χ3n) is 3.40. The molecule has 1 atom stereocenters. The van der Waals surface area contributed by atoms with E-state index in [0.717, 1.165) is 18.8 Å². The second-order valence-electron chi connectivity index (χ2n) is 5.06. The highest BCUT2D eigenvalue weighted by molar-refractivity contribution is 4.89. The molecule has 1 aromatic heterocycles. The maximum atomic E-state index is 8.87. The fourth-order valence-electron chi connectivity index (χ4n) is 2.43. The van der Waals surface area contributed by atoms with Gasteiger partial charge in [-0.3, -0.25) is 0 Å². The summed E-state index contributed by atoms with van der Waals surface area (Å²) in [6, 6.07) is 0.607. The lowest BCUT2D eigenvalue weighted by Gasteiger charge is -2.35. The van der Waals surface area contributed by atoms with E-state index in [2.05, 4.69) is 28.9 Å². The van der Waals surface area contributed by atoms with Crippen LogP contribution in [0.15, 0.2) is 4.52 Å². The lowest BCUT2D eigenvalue weighted by atomic mass is 9.94. The number of rotatable bonds is 4. The Labute approximate surface area is 102 Å². The average Bonchev–Trinajstić information content (AvgIpc) is 2.77. The Balaban J connectivity index is 1.90. The molecular weight excluding hydrogens is 218 g/mol. The van der Waals surface area contributed by atoms with Crippen molar-refractivity contribution in [1.82, 2.24) is 15.0 Å². The maximum Gasteiger partial charge on any atom is 0.252 e. The number of aliphatic hydroxyl groups excluding tert-OH is 1. The zero-order valence-corrected chi connectivity index (χ0v) is 10.6. The van der Waals surface area contributed by atoms with Crippen molar-refractivity contribution in [2.75, 3.05) is 13.1 Å². The molecule has 2 rings (SSSR count). The van der Waals surface area contributed by atoms with E-state index in [9.17, 15) is 0 Å². The molecule has 1 unspecified atom stereocenters. The molecule has 0 amide bonds. The quantitative estimate of drug-likeness (QED) is 0.856. The molecule has 1 fully saturated rings. The highest BCUT2D eigenvalue weighted by Gasteiger charge is 2.23. The molecule has 1 aliphatic heterocycles. The highest BCUT2D eigenvalue weighted by Crippen LogP contribution is 2.21. The van der Waals surface area contributed by atoms with E-state index in [1.54, 1.807) is 0 Å². The number of likely N-dealkylation sites (tertiary alicyclic amines) is 1. The molecule has 1 aromatic rings. The first-order valence-corrected chi connectivity index (χ1v) is 6.35. The summed E-state index contributed by atoms with van der Waals surface area (Å²) in [7, 11) is 0. The van der Waals surface area contributed by atoms with Crippen LogP contribution in [0.2, 0.25) is 0 Å². The van der Waals surface area contributed by atoms with Crippen molar-refractivity contribution in [2.24, 2.45) is 5.92 Å². The summed E-state index contributed by atoms with van der Waals surface area (Å²) in [6.45, 7) is 6.61. The molecule has 96 valence electrons. The van der Waals surface area contributed by atoms with Gasteiger partial charge in [0.15, 0.2) is 5.82 Å². The molecule has 2 heterocycles. The van der Waals surface area contributed by atoms with Gasteiger partial charge in [-0.05, 0) is 39.2 Å². The topological polar surface area (TPSA) is 62.4 Å². The monoisotopic (exact) mass is 239 g/mol. The average molecular weight is 239 g/mol. The van der Waals surface area contributed by atoms with Crippen LogP contribution in [-0.4, -0.2) is 39.3 Å². The number of aromatic nitrogens is 2. The van der Waals surface area contributed by atoms with Crippen molar-refractivity contribution in [3.63, 3.8) is 0 Å². The Morgan fingerprint density at radius 1 is 1.53 bits per heavy atom. The smallest absolute Gasteiger partial charge is 0.252 e. The molecule has 1 N–H and O–H groups in total. The van der Waals surface area contributed by atoms with Crippen molar-refractivity contribution in [3.05, 3.63) is 11.7 Å². The predicted molar refractivity (Wildman–Crippen MR) is 63.4 cm³/mol. The molecule has 0 radical (unpaired) electrons. The van der Waals surface area contributed by atoms with E-state index in [0.29, 0.717) is 17.9 Å². The van der Waals surface area contributed by atoms with Crippen molar-refractivity contribution in [2.45, 2.75) is 45.8 Å². The standard InChI is InChI=1S/C12H21N3O2/c1-9(2)15-5-3-4-10(7-15)6-11-13-12(8-16)17-14-11/h9-10,16H,3-8H2,1-2H3. The minimum atomic E-state index is -0.171. The SMILES string of the molecule is CC(C)N1CCCC(Cc2noc(CO)n2)C1. The van der Waals surface area contributed by atoms with E-state index in [4.69, 9.17) is 9.63 Å². The van der Waals surface area contributed by atoms with Crippen LogP contribution in [0.5, 0.6) is 0 Å². The van der Waals surface area contributed by atoms with Crippen LogP contribution in [-0.2, 0) is 13.0 Å². The highest BCUT2D eigenvalue weighted by atomic mass is 16.5. The van der Waals surface area contributed by atoms with Gasteiger partial charge in [0.25, 0.3) is 5.89 Å². The van der Waals surface area contributed by atoms with E-state index in [1.807, 2.05) is 0 Å². The van der Waals surface area contributed by atoms with Gasteiger partial charge < -0.3 is 14.5 Å². The van der Waals surface area contributed by atoms with Gasteiger partial charge in [-0.1, -0.05) is 5.16 Å². The number of aliphatic hydroxyl groups is 1. The number of hydrogen-bond acceptors (Lipinski definition) is 5. The van der Waals surface area contributed by atoms with Gasteiger partial charge in [0, 0.05) is 19.0 Å². The van der Waals surface area contributed by atoms with Crippen LogP contribution in [0.25, 0.3) is 0 Å². The van der Waals surface area contributed by atoms with Crippen molar-refractivity contribution in [1.29, 1.82) is 0 Å². The van der Waals surface area contributed by atoms with Gasteiger partial charge in [-0.2, -0.15) is 4.98 Å². The first kappa shape index (κ1) is 12.5. The molecule has 5 nitrogen and oxygen atoms in total. The normalized spacial score (nSPS) is 22.2. The number of hydrogen-bond donors (Lipinski definition) is 1. The summed E-state index contributed by atoms with van der Waals surface area (Å²) >= 11 is 0. The summed E-state index contributed by atoms with van der Waals surface area (Å²) in [5.74, 6) is 1.65. The predicted octanol–water partition coefficient (Wildman–Crippen LogP) is 1.22. The van der Waals surface area contributed by atoms with Crippen LogP contribution in [0.3, 0.4) is 0 Å². The van der Waals surface area contributed by atoms with Gasteiger partial charge >= 0.3 is 0 Å². The van der Waals surface area contributed by atoms with Crippen LogP contribution in [0, 0.1) is 5.92 Å². The second-order valence-corrected chi connectivity index (χ2v) is 5.06. The van der Waals surface area contributed by atoms with Crippen LogP contribution < -0.4 is 0 Å². The van der Waals surface area contributed by atoms with Crippen molar-refractivity contribution >= 4 is 0 Å². The number of nitrogens with zero attached hydrogens (tertiary/aromatic N) is 3. The van der Waals surface area contributed by atoms with Crippen LogP contribution in [0.1, 0.15) is 38.4 Å². The summed E-state index contributed by atoms with van der Waals surface area (Å²) in [6.07, 6.45) is 3.33. The van der Waals surface area contributed by atoms with Gasteiger partial charge in [-0.15, -0.1) is 0 Å². The van der Waals surface area contributed by atoms with Gasteiger partial charge in [0.2, 0.25) is 0 Å². The fourth-order valence-corrected chi connectivity index (χ4v) is 2.43. The zero-order chi connectivity index (χ0) is 12.3. The first-order chi connectivity index (χ1) is 8.19. The van der Waals surface area contributed by atoms with Gasteiger partial charge in [-0.25, -0.2) is 0 Å². The minimum absolute atomic E-state index is 0.171. The zero-order valence-electron chi connectivity index (χ0n) is 10.6. The summed E-state index contributed by atoms with van der Waals surface area (Å²) < 4.78 is 4.90. The van der Waals surface area contributed by atoms with Crippen molar-refractivity contribution in [3.8, 4) is 0 Å². The Bertz CT molecular complexity index is 351. The van der Waals surface area contributed by atoms with E-state index in [1.165, 1.54) is 19.4 Å². The van der Waals surface area contributed by atoms with Crippen LogP contribution >= 0.6 is 0 Å². The Morgan fingerprint density at radius 2 is 2.35 bits per heavy atom. The largest absolute Gasteiger partial charge is 0.387 e. The Morgan fingerprint density at radius 3 is 3.00 bits per heavy atom. The molecule has 1 saturated heterocycles. The minimum Gasteiger partial charge on any atom is -0.387 e. The lowest BCUT2D eigenvalue weighted by molar-refractivity contribution is 0.138. The Hall–Kier alpha value is -0.940. The summed E-state index contributed by atoms with van der Waals surface area (Å²) in [4.78, 5) is 6.65. The van der Waals surface area contributed by atoms with E-state index < -0.39 is 0 Å². The molecule has 0 aliphatic carbocycles. The molecule has 0 spiro atoms. The third kappa shape index (κ3) is 3.26. The van der Waals surface area contributed by atoms with Gasteiger partial charge in [0.1, 0.15) is 6.61 Å². The molecule has 17 heavy (non-hydrogen) atoms. The molecule has 0 bridgehead atoms. The lowest BCUT2D eigenvalue weighted by Crippen LogP contribution is -2.40. The molecule has 5 heteroatoms. The third-order valence-corrected chi connectivity index (χ3v) is 3.40. The van der Waals surface area contributed by atoms with E-state index in [-0.39, 0.29) is 6.61 Å². The first-order valence-electron chi connectivity index (χ1n) is 6.35. The fraction of sp³-hybridized carbons (Fsp3) is 0.833. The summed E-state index contributed by atoms with van der Waals surface area (Å²) in [5.41, 5.74) is 0. The molecular formula is C12H21N3O2. The second kappa shape index (κ2) is 5.60. The molecule has 0 aromatic carbocycles. The van der Waals surface area contributed by atoms with Crippen LogP contribution in [0.4, 0.5) is 0 Å². The maximum absolute atomic E-state index is 8.87.